The summed E-state index contributed by atoms with van der Waals surface area (Å²) < 4.78 is 12.1. The van der Waals surface area contributed by atoms with Crippen LogP contribution >= 0.6 is 0 Å². The molecule has 6 heteroatoms. The molecule has 0 bridgehead atoms. The standard InChI is InChI=1S/C20H18N2O4/c21-10-4-11-22-13-17(16-6-1-2-7-18(16)22)19(23)14-26-20(24)9-8-15-5-3-12-25-15/h1-3,5-7,12-13H,4,8-9,11,14H2. The molecule has 1 aromatic carbocycles. The lowest BCUT2D eigenvalue weighted by atomic mass is 10.1. The third-order valence-corrected chi connectivity index (χ3v) is 4.07. The number of fused-ring (bicyclic) bond motifs is 1. The van der Waals surface area contributed by atoms with Crippen molar-refractivity contribution in [3.63, 3.8) is 0 Å². The first-order valence-corrected chi connectivity index (χ1v) is 8.35. The molecule has 0 saturated carbocycles. The van der Waals surface area contributed by atoms with Crippen molar-refractivity contribution in [3.8, 4) is 6.07 Å². The fourth-order valence-electron chi connectivity index (χ4n) is 2.80. The van der Waals surface area contributed by atoms with Crippen LogP contribution in [0, 0.1) is 11.3 Å². The highest BCUT2D eigenvalue weighted by Gasteiger charge is 2.16. The van der Waals surface area contributed by atoms with Crippen LogP contribution in [0.15, 0.2) is 53.3 Å². The Labute approximate surface area is 150 Å². The molecule has 0 fully saturated rings. The predicted molar refractivity (Wildman–Crippen MR) is 94.5 cm³/mol. The second-order valence-electron chi connectivity index (χ2n) is 5.82. The normalized spacial score (nSPS) is 10.6. The van der Waals surface area contributed by atoms with Crippen LogP contribution in [0.3, 0.4) is 0 Å². The molecular formula is C20H18N2O4. The number of furan rings is 1. The van der Waals surface area contributed by atoms with Gasteiger partial charge in [-0.25, -0.2) is 0 Å². The van der Waals surface area contributed by atoms with E-state index < -0.39 is 5.97 Å². The fourth-order valence-corrected chi connectivity index (χ4v) is 2.80. The number of hydrogen-bond acceptors (Lipinski definition) is 5. The largest absolute Gasteiger partial charge is 0.469 e. The zero-order valence-electron chi connectivity index (χ0n) is 14.2. The smallest absolute Gasteiger partial charge is 0.306 e. The van der Waals surface area contributed by atoms with E-state index in [1.165, 1.54) is 0 Å². The maximum Gasteiger partial charge on any atom is 0.306 e. The number of Topliss-reactive ketones (excluding diaryl/α,β-unsaturated/α-hetero) is 1. The lowest BCUT2D eigenvalue weighted by molar-refractivity contribution is -0.142. The monoisotopic (exact) mass is 350 g/mol. The van der Waals surface area contributed by atoms with Crippen LogP contribution in [0.2, 0.25) is 0 Å². The highest BCUT2D eigenvalue weighted by molar-refractivity contribution is 6.09. The van der Waals surface area contributed by atoms with Crippen molar-refractivity contribution in [2.75, 3.05) is 6.61 Å². The molecule has 0 atom stereocenters. The molecule has 2 heterocycles. The Balaban J connectivity index is 1.64. The Hall–Kier alpha value is -3.33. The SMILES string of the molecule is N#CCCn1cc(C(=O)COC(=O)CCc2ccco2)c2ccccc21. The Morgan fingerprint density at radius 1 is 1.19 bits per heavy atom. The zero-order valence-corrected chi connectivity index (χ0v) is 14.2. The number of nitrogens with zero attached hydrogens (tertiary/aromatic N) is 2. The van der Waals surface area contributed by atoms with Gasteiger partial charge in [0.05, 0.1) is 25.2 Å². The predicted octanol–water partition coefficient (Wildman–Crippen LogP) is 3.51. The van der Waals surface area contributed by atoms with Gasteiger partial charge in [-0.15, -0.1) is 0 Å². The topological polar surface area (TPSA) is 85.2 Å². The number of carbonyl (C=O) groups excluding carboxylic acids is 2. The van der Waals surface area contributed by atoms with E-state index in [-0.39, 0.29) is 18.8 Å². The van der Waals surface area contributed by atoms with E-state index in [2.05, 4.69) is 6.07 Å². The Kier molecular flexibility index (Phi) is 5.49. The second kappa shape index (κ2) is 8.17. The molecule has 0 amide bonds. The molecule has 0 radical (unpaired) electrons. The molecule has 26 heavy (non-hydrogen) atoms. The van der Waals surface area contributed by atoms with Crippen LogP contribution in [0.1, 0.15) is 29.0 Å². The van der Waals surface area contributed by atoms with Gasteiger partial charge in [-0.2, -0.15) is 5.26 Å². The van der Waals surface area contributed by atoms with Gasteiger partial charge in [0.25, 0.3) is 0 Å². The molecule has 0 spiro atoms. The molecule has 0 aliphatic rings. The van der Waals surface area contributed by atoms with E-state index >= 15 is 0 Å². The van der Waals surface area contributed by atoms with Crippen molar-refractivity contribution in [2.45, 2.75) is 25.8 Å². The molecule has 0 unspecified atom stereocenters. The average Bonchev–Trinajstić information content (AvgIpc) is 3.30. The van der Waals surface area contributed by atoms with E-state index in [9.17, 15) is 9.59 Å². The van der Waals surface area contributed by atoms with Crippen molar-refractivity contribution in [3.05, 3.63) is 60.2 Å². The summed E-state index contributed by atoms with van der Waals surface area (Å²) in [5.74, 6) is 0.0000599. The number of nitriles is 1. The second-order valence-corrected chi connectivity index (χ2v) is 5.82. The summed E-state index contributed by atoms with van der Waals surface area (Å²) >= 11 is 0. The molecule has 6 nitrogen and oxygen atoms in total. The molecule has 0 N–H and O–H groups in total. The van der Waals surface area contributed by atoms with Gasteiger partial charge in [0.15, 0.2) is 6.61 Å². The quantitative estimate of drug-likeness (QED) is 0.458. The number of rotatable bonds is 8. The zero-order chi connectivity index (χ0) is 18.4. The maximum absolute atomic E-state index is 12.5. The van der Waals surface area contributed by atoms with Crippen molar-refractivity contribution < 1.29 is 18.7 Å². The van der Waals surface area contributed by atoms with Gasteiger partial charge in [-0.1, -0.05) is 18.2 Å². The van der Waals surface area contributed by atoms with Gasteiger partial charge >= 0.3 is 5.97 Å². The van der Waals surface area contributed by atoms with Gasteiger partial charge in [-0.05, 0) is 18.2 Å². The lowest BCUT2D eigenvalue weighted by Gasteiger charge is -2.03. The number of esters is 1. The summed E-state index contributed by atoms with van der Waals surface area (Å²) in [5.41, 5.74) is 1.38. The van der Waals surface area contributed by atoms with Crippen LogP contribution in [-0.4, -0.2) is 22.9 Å². The van der Waals surface area contributed by atoms with E-state index in [1.807, 2.05) is 28.8 Å². The van der Waals surface area contributed by atoms with Crippen LogP contribution < -0.4 is 0 Å². The Morgan fingerprint density at radius 3 is 2.81 bits per heavy atom. The van der Waals surface area contributed by atoms with E-state index in [4.69, 9.17) is 14.4 Å². The lowest BCUT2D eigenvalue weighted by Crippen LogP contribution is -2.14. The summed E-state index contributed by atoms with van der Waals surface area (Å²) in [6.07, 6.45) is 4.22. The highest BCUT2D eigenvalue weighted by atomic mass is 16.5. The summed E-state index contributed by atoms with van der Waals surface area (Å²) in [6, 6.07) is 13.1. The fraction of sp³-hybridized carbons (Fsp3) is 0.250. The van der Waals surface area contributed by atoms with Gasteiger partial charge in [-0.3, -0.25) is 9.59 Å². The minimum Gasteiger partial charge on any atom is -0.469 e. The summed E-state index contributed by atoms with van der Waals surface area (Å²) in [5, 5.41) is 9.58. The number of para-hydroxylation sites is 1. The summed E-state index contributed by atoms with van der Waals surface area (Å²) in [7, 11) is 0. The third-order valence-electron chi connectivity index (χ3n) is 4.07. The van der Waals surface area contributed by atoms with Gasteiger partial charge in [0.1, 0.15) is 5.76 Å². The van der Waals surface area contributed by atoms with Crippen LogP contribution in [0.4, 0.5) is 0 Å². The molecule has 0 saturated heterocycles. The third kappa shape index (κ3) is 4.01. The first-order valence-electron chi connectivity index (χ1n) is 8.35. The number of benzene rings is 1. The first kappa shape index (κ1) is 17.5. The van der Waals surface area contributed by atoms with Crippen molar-refractivity contribution >= 4 is 22.7 Å². The van der Waals surface area contributed by atoms with E-state index in [1.54, 1.807) is 24.6 Å². The molecule has 0 aliphatic carbocycles. The number of aromatic nitrogens is 1. The molecule has 2 aromatic heterocycles. The average molecular weight is 350 g/mol. The minimum atomic E-state index is -0.442. The van der Waals surface area contributed by atoms with E-state index in [0.717, 1.165) is 10.9 Å². The molecule has 3 aromatic rings. The van der Waals surface area contributed by atoms with Crippen molar-refractivity contribution in [2.24, 2.45) is 0 Å². The Bertz CT molecular complexity index is 948. The highest BCUT2D eigenvalue weighted by Crippen LogP contribution is 2.22. The van der Waals surface area contributed by atoms with Crippen molar-refractivity contribution in [1.82, 2.24) is 4.57 Å². The number of hydrogen-bond donors (Lipinski definition) is 0. The molecule has 132 valence electrons. The minimum absolute atomic E-state index is 0.157. The van der Waals surface area contributed by atoms with Gasteiger partial charge in [0.2, 0.25) is 5.78 Å². The number of aryl methyl sites for hydroxylation is 2. The van der Waals surface area contributed by atoms with Gasteiger partial charge < -0.3 is 13.7 Å². The molecular weight excluding hydrogens is 332 g/mol. The number of ether oxygens (including phenoxy) is 1. The maximum atomic E-state index is 12.5. The van der Waals surface area contributed by atoms with Crippen LogP contribution in [-0.2, 0) is 22.5 Å². The van der Waals surface area contributed by atoms with E-state index in [0.29, 0.717) is 30.7 Å². The summed E-state index contributed by atoms with van der Waals surface area (Å²) in [4.78, 5) is 24.3. The first-order chi connectivity index (χ1) is 12.7. The molecule has 0 aliphatic heterocycles. The van der Waals surface area contributed by atoms with Gasteiger partial charge in [0, 0.05) is 35.6 Å². The number of ketones is 1. The summed E-state index contributed by atoms with van der Waals surface area (Å²) in [6.45, 7) is 0.205. The van der Waals surface area contributed by atoms with Crippen molar-refractivity contribution in [1.29, 1.82) is 5.26 Å². The van der Waals surface area contributed by atoms with Crippen LogP contribution in [0.5, 0.6) is 0 Å². The number of carbonyl (C=O) groups is 2. The molecule has 3 rings (SSSR count). The van der Waals surface area contributed by atoms with Crippen LogP contribution in [0.25, 0.3) is 10.9 Å². The Morgan fingerprint density at radius 2 is 2.04 bits per heavy atom.